The van der Waals surface area contributed by atoms with E-state index in [9.17, 15) is 4.79 Å². The molecule has 0 aliphatic carbocycles. The second-order valence-electron chi connectivity index (χ2n) is 5.64. The molecule has 2 aromatic rings. The van der Waals surface area contributed by atoms with Crippen LogP contribution in [0.5, 0.6) is 23.0 Å². The van der Waals surface area contributed by atoms with Crippen LogP contribution in [0.3, 0.4) is 0 Å². The van der Waals surface area contributed by atoms with Crippen LogP contribution in [-0.2, 0) is 11.3 Å². The van der Waals surface area contributed by atoms with E-state index >= 15 is 0 Å². The standard InChI is InChI=1S/C19H21NO5/c1-13-9-17-18(24-8-7-23-17)10-14(13)11-20-19(21)12-25-16-6-4-3-5-15(16)22-2/h3-6,9-10H,7-8,11-12H2,1-2H3,(H,20,21). The van der Waals surface area contributed by atoms with Crippen molar-refractivity contribution in [3.63, 3.8) is 0 Å². The first-order valence-corrected chi connectivity index (χ1v) is 8.09. The highest BCUT2D eigenvalue weighted by atomic mass is 16.6. The molecule has 0 saturated carbocycles. The molecule has 1 aliphatic heterocycles. The fourth-order valence-electron chi connectivity index (χ4n) is 2.55. The number of carbonyl (C=O) groups is 1. The Hall–Kier alpha value is -2.89. The van der Waals surface area contributed by atoms with Crippen LogP contribution in [0, 0.1) is 6.92 Å². The molecule has 0 saturated heterocycles. The number of aryl methyl sites for hydroxylation is 1. The summed E-state index contributed by atoms with van der Waals surface area (Å²) >= 11 is 0. The molecule has 0 radical (unpaired) electrons. The summed E-state index contributed by atoms with van der Waals surface area (Å²) in [6.45, 7) is 3.39. The minimum absolute atomic E-state index is 0.0794. The Morgan fingerprint density at radius 2 is 1.80 bits per heavy atom. The molecule has 0 fully saturated rings. The van der Waals surface area contributed by atoms with Gasteiger partial charge in [0, 0.05) is 6.54 Å². The van der Waals surface area contributed by atoms with Crippen molar-refractivity contribution in [3.8, 4) is 23.0 Å². The molecule has 25 heavy (non-hydrogen) atoms. The van der Waals surface area contributed by atoms with Crippen LogP contribution in [0.4, 0.5) is 0 Å². The lowest BCUT2D eigenvalue weighted by atomic mass is 10.1. The van der Waals surface area contributed by atoms with E-state index in [1.165, 1.54) is 0 Å². The van der Waals surface area contributed by atoms with Gasteiger partial charge in [-0.3, -0.25) is 4.79 Å². The van der Waals surface area contributed by atoms with E-state index < -0.39 is 0 Å². The first kappa shape index (κ1) is 17.0. The number of para-hydroxylation sites is 2. The first-order chi connectivity index (χ1) is 12.2. The number of amides is 1. The molecule has 3 rings (SSSR count). The molecule has 1 N–H and O–H groups in total. The van der Waals surface area contributed by atoms with Crippen LogP contribution in [0.1, 0.15) is 11.1 Å². The topological polar surface area (TPSA) is 66.0 Å². The van der Waals surface area contributed by atoms with Gasteiger partial charge in [-0.05, 0) is 42.3 Å². The lowest BCUT2D eigenvalue weighted by Crippen LogP contribution is -2.28. The Kier molecular flexibility index (Phi) is 5.28. The van der Waals surface area contributed by atoms with Crippen LogP contribution >= 0.6 is 0 Å². The minimum Gasteiger partial charge on any atom is -0.493 e. The fourth-order valence-corrected chi connectivity index (χ4v) is 2.55. The van der Waals surface area contributed by atoms with E-state index in [1.807, 2.05) is 31.2 Å². The summed E-state index contributed by atoms with van der Waals surface area (Å²) in [5.41, 5.74) is 2.02. The first-order valence-electron chi connectivity index (χ1n) is 8.09. The Morgan fingerprint density at radius 1 is 1.12 bits per heavy atom. The zero-order chi connectivity index (χ0) is 17.6. The van der Waals surface area contributed by atoms with Gasteiger partial charge in [0.25, 0.3) is 5.91 Å². The Balaban J connectivity index is 1.55. The van der Waals surface area contributed by atoms with Gasteiger partial charge >= 0.3 is 0 Å². The molecule has 0 aromatic heterocycles. The van der Waals surface area contributed by atoms with Gasteiger partial charge in [-0.1, -0.05) is 12.1 Å². The van der Waals surface area contributed by atoms with Crippen molar-refractivity contribution in [2.75, 3.05) is 26.9 Å². The third kappa shape index (κ3) is 4.15. The van der Waals surface area contributed by atoms with Crippen molar-refractivity contribution in [2.45, 2.75) is 13.5 Å². The molecule has 0 bridgehead atoms. The van der Waals surface area contributed by atoms with E-state index in [4.69, 9.17) is 18.9 Å². The number of carbonyl (C=O) groups excluding carboxylic acids is 1. The third-order valence-corrected chi connectivity index (χ3v) is 3.90. The minimum atomic E-state index is -0.208. The number of benzene rings is 2. The smallest absolute Gasteiger partial charge is 0.258 e. The van der Waals surface area contributed by atoms with E-state index in [1.54, 1.807) is 19.2 Å². The number of hydrogen-bond donors (Lipinski definition) is 1. The predicted molar refractivity (Wildman–Crippen MR) is 92.5 cm³/mol. The Bertz CT molecular complexity index is 759. The molecular formula is C19H21NO5. The molecule has 1 aliphatic rings. The zero-order valence-corrected chi connectivity index (χ0v) is 14.3. The van der Waals surface area contributed by atoms with Crippen molar-refractivity contribution in [1.82, 2.24) is 5.32 Å². The highest BCUT2D eigenvalue weighted by Gasteiger charge is 2.14. The largest absolute Gasteiger partial charge is 0.493 e. The molecule has 1 heterocycles. The van der Waals surface area contributed by atoms with Crippen molar-refractivity contribution < 1.29 is 23.7 Å². The second kappa shape index (κ2) is 7.79. The van der Waals surface area contributed by atoms with Gasteiger partial charge in [-0.2, -0.15) is 0 Å². The predicted octanol–water partition coefficient (Wildman–Crippen LogP) is 2.47. The van der Waals surface area contributed by atoms with Crippen LogP contribution in [0.2, 0.25) is 0 Å². The summed E-state index contributed by atoms with van der Waals surface area (Å²) in [5, 5.41) is 2.85. The van der Waals surface area contributed by atoms with Gasteiger partial charge < -0.3 is 24.3 Å². The fraction of sp³-hybridized carbons (Fsp3) is 0.316. The lowest BCUT2D eigenvalue weighted by Gasteiger charge is -2.20. The lowest BCUT2D eigenvalue weighted by molar-refractivity contribution is -0.123. The molecule has 0 atom stereocenters. The molecule has 0 unspecified atom stereocenters. The average molecular weight is 343 g/mol. The average Bonchev–Trinajstić information content (AvgIpc) is 2.64. The van der Waals surface area contributed by atoms with E-state index in [0.29, 0.717) is 37.0 Å². The van der Waals surface area contributed by atoms with E-state index in [2.05, 4.69) is 5.32 Å². The summed E-state index contributed by atoms with van der Waals surface area (Å²) < 4.78 is 21.8. The highest BCUT2D eigenvalue weighted by molar-refractivity contribution is 5.77. The maximum Gasteiger partial charge on any atom is 0.258 e. The third-order valence-electron chi connectivity index (χ3n) is 3.90. The van der Waals surface area contributed by atoms with Gasteiger partial charge in [0.15, 0.2) is 29.6 Å². The summed E-state index contributed by atoms with van der Waals surface area (Å²) in [5.74, 6) is 2.39. The molecular weight excluding hydrogens is 322 g/mol. The number of hydrogen-bond acceptors (Lipinski definition) is 5. The normalized spacial score (nSPS) is 12.4. The number of fused-ring (bicyclic) bond motifs is 1. The number of ether oxygens (including phenoxy) is 4. The summed E-state index contributed by atoms with van der Waals surface area (Å²) in [4.78, 5) is 12.1. The Labute approximate surface area is 146 Å². The van der Waals surface area contributed by atoms with Gasteiger partial charge in [0.2, 0.25) is 0 Å². The van der Waals surface area contributed by atoms with Crippen molar-refractivity contribution >= 4 is 5.91 Å². The quantitative estimate of drug-likeness (QED) is 0.873. The van der Waals surface area contributed by atoms with Crippen LogP contribution in [0.25, 0.3) is 0 Å². The second-order valence-corrected chi connectivity index (χ2v) is 5.64. The molecule has 0 spiro atoms. The van der Waals surface area contributed by atoms with Gasteiger partial charge in [0.05, 0.1) is 7.11 Å². The number of methoxy groups -OCH3 is 1. The van der Waals surface area contributed by atoms with Crippen molar-refractivity contribution in [2.24, 2.45) is 0 Å². The summed E-state index contributed by atoms with van der Waals surface area (Å²) in [7, 11) is 1.56. The van der Waals surface area contributed by atoms with E-state index in [-0.39, 0.29) is 12.5 Å². The van der Waals surface area contributed by atoms with Gasteiger partial charge in [-0.25, -0.2) is 0 Å². The highest BCUT2D eigenvalue weighted by Crippen LogP contribution is 2.33. The Morgan fingerprint density at radius 3 is 2.52 bits per heavy atom. The maximum absolute atomic E-state index is 12.1. The van der Waals surface area contributed by atoms with Crippen molar-refractivity contribution in [1.29, 1.82) is 0 Å². The number of nitrogens with one attached hydrogen (secondary N) is 1. The zero-order valence-electron chi connectivity index (χ0n) is 14.3. The van der Waals surface area contributed by atoms with Crippen LogP contribution < -0.4 is 24.3 Å². The monoisotopic (exact) mass is 343 g/mol. The summed E-state index contributed by atoms with van der Waals surface area (Å²) in [6, 6.07) is 11.1. The summed E-state index contributed by atoms with van der Waals surface area (Å²) in [6.07, 6.45) is 0. The molecule has 2 aromatic carbocycles. The van der Waals surface area contributed by atoms with Crippen molar-refractivity contribution in [3.05, 3.63) is 47.5 Å². The van der Waals surface area contributed by atoms with Crippen LogP contribution in [-0.4, -0.2) is 32.8 Å². The van der Waals surface area contributed by atoms with E-state index in [0.717, 1.165) is 16.9 Å². The molecule has 6 nitrogen and oxygen atoms in total. The maximum atomic E-state index is 12.1. The van der Waals surface area contributed by atoms with Gasteiger partial charge in [0.1, 0.15) is 13.2 Å². The SMILES string of the molecule is COc1ccccc1OCC(=O)NCc1cc2c(cc1C)OCCO2. The molecule has 132 valence electrons. The van der Waals surface area contributed by atoms with Crippen LogP contribution in [0.15, 0.2) is 36.4 Å². The number of rotatable bonds is 6. The molecule has 1 amide bonds. The molecule has 6 heteroatoms. The van der Waals surface area contributed by atoms with Gasteiger partial charge in [-0.15, -0.1) is 0 Å².